The first kappa shape index (κ1) is 10.9. The first-order valence-electron chi connectivity index (χ1n) is 5.02. The van der Waals surface area contributed by atoms with Crippen LogP contribution in [0.5, 0.6) is 5.75 Å². The number of carbonyl (C=O) groups excluding carboxylic acids is 1. The topological polar surface area (TPSA) is 26.3 Å². The quantitative estimate of drug-likeness (QED) is 0.754. The molecule has 0 aliphatic heterocycles. The summed E-state index contributed by atoms with van der Waals surface area (Å²) in [4.78, 5) is 12.0. The van der Waals surface area contributed by atoms with Crippen LogP contribution in [-0.4, -0.2) is 5.78 Å². The summed E-state index contributed by atoms with van der Waals surface area (Å²) >= 11 is 1.42. The minimum atomic E-state index is 0.0538. The van der Waals surface area contributed by atoms with E-state index in [9.17, 15) is 4.79 Å². The molecule has 0 aliphatic rings. The molecule has 2 rings (SSSR count). The summed E-state index contributed by atoms with van der Waals surface area (Å²) in [5.74, 6) is 0.736. The number of ether oxygens (including phenoxy) is 1. The summed E-state index contributed by atoms with van der Waals surface area (Å²) in [6.07, 6.45) is 0. The van der Waals surface area contributed by atoms with Gasteiger partial charge in [0.1, 0.15) is 17.2 Å². The fourth-order valence-corrected chi connectivity index (χ4v) is 2.14. The molecule has 0 N–H and O–H groups in total. The first-order chi connectivity index (χ1) is 7.77. The van der Waals surface area contributed by atoms with Crippen LogP contribution < -0.4 is 4.74 Å². The van der Waals surface area contributed by atoms with Gasteiger partial charge in [0.25, 0.3) is 0 Å². The lowest BCUT2D eigenvalue weighted by Crippen LogP contribution is -1.98. The van der Waals surface area contributed by atoms with Crippen molar-refractivity contribution in [3.05, 3.63) is 52.2 Å². The highest BCUT2D eigenvalue weighted by molar-refractivity contribution is 7.12. The number of ketones is 1. The Morgan fingerprint density at radius 1 is 1.25 bits per heavy atom. The molecular weight excluding hydrogens is 220 g/mol. The van der Waals surface area contributed by atoms with Crippen LogP contribution in [0.15, 0.2) is 41.8 Å². The zero-order chi connectivity index (χ0) is 11.4. The largest absolute Gasteiger partial charge is 0.487 e. The third-order valence-corrected chi connectivity index (χ3v) is 3.18. The molecule has 2 nitrogen and oxygen atoms in total. The zero-order valence-corrected chi connectivity index (χ0v) is 9.79. The van der Waals surface area contributed by atoms with E-state index in [-0.39, 0.29) is 5.78 Å². The number of hydrogen-bond acceptors (Lipinski definition) is 3. The van der Waals surface area contributed by atoms with Gasteiger partial charge >= 0.3 is 0 Å². The molecule has 3 heteroatoms. The molecule has 1 heterocycles. The van der Waals surface area contributed by atoms with Crippen LogP contribution in [-0.2, 0) is 6.61 Å². The van der Waals surface area contributed by atoms with Crippen LogP contribution in [0.3, 0.4) is 0 Å². The third kappa shape index (κ3) is 2.49. The van der Waals surface area contributed by atoms with E-state index in [0.717, 1.165) is 5.56 Å². The second kappa shape index (κ2) is 4.94. The molecule has 0 saturated carbocycles. The van der Waals surface area contributed by atoms with Crippen molar-refractivity contribution in [2.75, 3.05) is 0 Å². The van der Waals surface area contributed by atoms with Gasteiger partial charge in [0.05, 0.1) is 0 Å². The predicted molar refractivity (Wildman–Crippen MR) is 65.1 cm³/mol. The van der Waals surface area contributed by atoms with E-state index in [4.69, 9.17) is 4.74 Å². The Hall–Kier alpha value is -1.61. The predicted octanol–water partition coefficient (Wildman–Crippen LogP) is 3.53. The van der Waals surface area contributed by atoms with E-state index < -0.39 is 0 Å². The fraction of sp³-hybridized carbons (Fsp3) is 0.154. The van der Waals surface area contributed by atoms with Gasteiger partial charge in [-0.25, -0.2) is 0 Å². The van der Waals surface area contributed by atoms with Crippen molar-refractivity contribution < 1.29 is 9.53 Å². The molecule has 82 valence electrons. The number of hydrogen-bond donors (Lipinski definition) is 0. The van der Waals surface area contributed by atoms with Gasteiger partial charge in [-0.3, -0.25) is 4.79 Å². The minimum Gasteiger partial charge on any atom is -0.487 e. The summed E-state index contributed by atoms with van der Waals surface area (Å²) < 4.78 is 5.61. The van der Waals surface area contributed by atoms with Crippen LogP contribution >= 0.6 is 11.3 Å². The summed E-state index contributed by atoms with van der Waals surface area (Å²) in [5, 5.41) is 1.87. The number of carbonyl (C=O) groups is 1. The van der Waals surface area contributed by atoms with Crippen LogP contribution in [0.2, 0.25) is 0 Å². The van der Waals surface area contributed by atoms with E-state index in [0.29, 0.717) is 17.2 Å². The van der Waals surface area contributed by atoms with E-state index in [1.54, 1.807) is 6.92 Å². The van der Waals surface area contributed by atoms with Crippen LogP contribution in [0.4, 0.5) is 0 Å². The molecule has 0 spiro atoms. The van der Waals surface area contributed by atoms with Gasteiger partial charge in [-0.2, -0.15) is 0 Å². The first-order valence-corrected chi connectivity index (χ1v) is 5.90. The number of Topliss-reactive ketones (excluding diaryl/α,β-unsaturated/α-hetero) is 1. The van der Waals surface area contributed by atoms with Gasteiger partial charge in [-0.05, 0) is 17.0 Å². The maximum absolute atomic E-state index is 11.3. The average molecular weight is 232 g/mol. The number of thiophene rings is 1. The van der Waals surface area contributed by atoms with Crippen molar-refractivity contribution in [3.63, 3.8) is 0 Å². The van der Waals surface area contributed by atoms with E-state index in [1.165, 1.54) is 11.3 Å². The van der Waals surface area contributed by atoms with Crippen molar-refractivity contribution in [2.45, 2.75) is 13.5 Å². The molecule has 0 saturated heterocycles. The van der Waals surface area contributed by atoms with E-state index >= 15 is 0 Å². The van der Waals surface area contributed by atoms with Gasteiger partial charge in [0, 0.05) is 6.92 Å². The highest BCUT2D eigenvalue weighted by Gasteiger charge is 2.09. The Bertz CT molecular complexity index is 474. The lowest BCUT2D eigenvalue weighted by Gasteiger charge is -2.05. The molecule has 2 aromatic rings. The smallest absolute Gasteiger partial charge is 0.173 e. The number of rotatable bonds is 4. The maximum Gasteiger partial charge on any atom is 0.173 e. The normalized spacial score (nSPS) is 10.1. The maximum atomic E-state index is 11.3. The van der Waals surface area contributed by atoms with Crippen molar-refractivity contribution in [2.24, 2.45) is 0 Å². The molecule has 16 heavy (non-hydrogen) atoms. The van der Waals surface area contributed by atoms with Crippen molar-refractivity contribution in [1.29, 1.82) is 0 Å². The molecular formula is C13H12O2S. The Labute approximate surface area is 98.5 Å². The zero-order valence-electron chi connectivity index (χ0n) is 8.97. The van der Waals surface area contributed by atoms with E-state index in [2.05, 4.69) is 0 Å². The standard InChI is InChI=1S/C13H12O2S/c1-10(14)13-12(7-8-16-13)15-9-11-5-3-2-4-6-11/h2-8H,9H2,1H3. The van der Waals surface area contributed by atoms with Gasteiger partial charge in [0.2, 0.25) is 0 Å². The van der Waals surface area contributed by atoms with Crippen LogP contribution in [0.1, 0.15) is 22.2 Å². The molecule has 0 bridgehead atoms. The highest BCUT2D eigenvalue weighted by Crippen LogP contribution is 2.25. The van der Waals surface area contributed by atoms with E-state index in [1.807, 2.05) is 41.8 Å². The van der Waals surface area contributed by atoms with Gasteiger partial charge in [-0.15, -0.1) is 11.3 Å². The molecule has 0 radical (unpaired) electrons. The Morgan fingerprint density at radius 2 is 2.00 bits per heavy atom. The SMILES string of the molecule is CC(=O)c1sccc1OCc1ccccc1. The molecule has 0 fully saturated rings. The Kier molecular flexibility index (Phi) is 3.37. The Morgan fingerprint density at radius 3 is 2.69 bits per heavy atom. The van der Waals surface area contributed by atoms with Crippen LogP contribution in [0.25, 0.3) is 0 Å². The average Bonchev–Trinajstić information content (AvgIpc) is 2.76. The third-order valence-electron chi connectivity index (χ3n) is 2.19. The molecule has 0 aliphatic carbocycles. The molecule has 1 aromatic carbocycles. The minimum absolute atomic E-state index is 0.0538. The fourth-order valence-electron chi connectivity index (χ4n) is 1.40. The molecule has 1 aromatic heterocycles. The van der Waals surface area contributed by atoms with Crippen molar-refractivity contribution in [1.82, 2.24) is 0 Å². The number of benzene rings is 1. The summed E-state index contributed by atoms with van der Waals surface area (Å²) in [7, 11) is 0. The summed E-state index contributed by atoms with van der Waals surface area (Å²) in [5.41, 5.74) is 1.10. The second-order valence-corrected chi connectivity index (χ2v) is 4.36. The Balaban J connectivity index is 2.05. The van der Waals surface area contributed by atoms with Crippen molar-refractivity contribution in [3.8, 4) is 5.75 Å². The summed E-state index contributed by atoms with van der Waals surface area (Å²) in [6, 6.07) is 11.7. The monoisotopic (exact) mass is 232 g/mol. The molecule has 0 amide bonds. The molecule has 0 unspecified atom stereocenters. The second-order valence-electron chi connectivity index (χ2n) is 3.44. The van der Waals surface area contributed by atoms with Crippen molar-refractivity contribution >= 4 is 17.1 Å². The summed E-state index contributed by atoms with van der Waals surface area (Å²) in [6.45, 7) is 2.05. The lowest BCUT2D eigenvalue weighted by atomic mass is 10.2. The lowest BCUT2D eigenvalue weighted by molar-refractivity contribution is 0.101. The molecule has 0 atom stereocenters. The highest BCUT2D eigenvalue weighted by atomic mass is 32.1. The van der Waals surface area contributed by atoms with Crippen LogP contribution in [0, 0.1) is 0 Å². The van der Waals surface area contributed by atoms with Gasteiger partial charge < -0.3 is 4.74 Å². The van der Waals surface area contributed by atoms with Gasteiger partial charge in [-0.1, -0.05) is 30.3 Å². The van der Waals surface area contributed by atoms with Gasteiger partial charge in [0.15, 0.2) is 5.78 Å².